The third-order valence-electron chi connectivity index (χ3n) is 2.56. The van der Waals surface area contributed by atoms with Gasteiger partial charge in [0.25, 0.3) is 5.56 Å². The molecule has 0 saturated heterocycles. The number of fused-ring (bicyclic) bond motifs is 1. The third kappa shape index (κ3) is 2.57. The van der Waals surface area contributed by atoms with Gasteiger partial charge in [-0.3, -0.25) is 4.79 Å². The maximum absolute atomic E-state index is 11.3. The molecule has 5 nitrogen and oxygen atoms in total. The maximum atomic E-state index is 11.3. The molecule has 0 radical (unpaired) electrons. The van der Waals surface area contributed by atoms with E-state index in [0.29, 0.717) is 4.96 Å². The van der Waals surface area contributed by atoms with E-state index in [9.17, 15) is 4.79 Å². The molecule has 0 aliphatic rings. The summed E-state index contributed by atoms with van der Waals surface area (Å²) in [5.74, 6) is 0.785. The highest BCUT2D eigenvalue weighted by molar-refractivity contribution is 8.00. The summed E-state index contributed by atoms with van der Waals surface area (Å²) in [4.78, 5) is 15.7. The normalized spacial score (nSPS) is 10.6. The Hall–Kier alpha value is -2.17. The average Bonchev–Trinajstić information content (AvgIpc) is 2.88. The lowest BCUT2D eigenvalue weighted by atomic mass is 10.2. The summed E-state index contributed by atoms with van der Waals surface area (Å²) in [5, 5.41) is 13.3. The lowest BCUT2D eigenvalue weighted by Crippen LogP contribution is -2.09. The van der Waals surface area contributed by atoms with Crippen LogP contribution in [0.25, 0.3) is 4.96 Å². The largest absolute Gasteiger partial charge is 0.275 e. The van der Waals surface area contributed by atoms with Crippen molar-refractivity contribution in [3.8, 4) is 6.07 Å². The van der Waals surface area contributed by atoms with Gasteiger partial charge in [-0.25, -0.2) is 0 Å². The molecule has 7 heteroatoms. The van der Waals surface area contributed by atoms with Crippen molar-refractivity contribution in [3.63, 3.8) is 0 Å². The zero-order valence-corrected chi connectivity index (χ0v) is 11.8. The van der Waals surface area contributed by atoms with Gasteiger partial charge in [-0.05, 0) is 5.56 Å². The lowest BCUT2D eigenvalue weighted by Gasteiger charge is -1.96. The standard InChI is InChI=1S/C13H8N4OS2/c14-7-10-6-11(18)15-12-17(10)16-13(20-12)19-8-9-4-2-1-3-5-9/h1-6H,8H2. The summed E-state index contributed by atoms with van der Waals surface area (Å²) in [5.41, 5.74) is 0.993. The Kier molecular flexibility index (Phi) is 3.50. The summed E-state index contributed by atoms with van der Waals surface area (Å²) in [7, 11) is 0. The highest BCUT2D eigenvalue weighted by Crippen LogP contribution is 2.26. The second-order valence-electron chi connectivity index (χ2n) is 3.93. The number of aromatic nitrogens is 3. The predicted octanol–water partition coefficient (Wildman–Crippen LogP) is 2.31. The molecular formula is C13H8N4OS2. The molecule has 2 aromatic heterocycles. The van der Waals surface area contributed by atoms with Gasteiger partial charge in [0.2, 0.25) is 4.96 Å². The van der Waals surface area contributed by atoms with E-state index in [1.54, 1.807) is 11.8 Å². The van der Waals surface area contributed by atoms with Gasteiger partial charge in [0.15, 0.2) is 10.0 Å². The van der Waals surface area contributed by atoms with Crippen LogP contribution in [0, 0.1) is 11.3 Å². The van der Waals surface area contributed by atoms with Gasteiger partial charge in [-0.15, -0.1) is 5.10 Å². The first-order valence-corrected chi connectivity index (χ1v) is 7.54. The molecular weight excluding hydrogens is 292 g/mol. The van der Waals surface area contributed by atoms with Crippen LogP contribution in [0.15, 0.2) is 45.5 Å². The van der Waals surface area contributed by atoms with Gasteiger partial charge in [0.05, 0.1) is 0 Å². The van der Waals surface area contributed by atoms with Gasteiger partial charge < -0.3 is 0 Å². The zero-order valence-electron chi connectivity index (χ0n) is 10.2. The minimum atomic E-state index is -0.412. The number of nitriles is 1. The lowest BCUT2D eigenvalue weighted by molar-refractivity contribution is 0.869. The summed E-state index contributed by atoms with van der Waals surface area (Å²) in [6.07, 6.45) is 0. The molecule has 0 aliphatic carbocycles. The van der Waals surface area contributed by atoms with Crippen molar-refractivity contribution >= 4 is 28.1 Å². The Morgan fingerprint density at radius 2 is 2.15 bits per heavy atom. The summed E-state index contributed by atoms with van der Waals surface area (Å²) in [6.45, 7) is 0. The van der Waals surface area contributed by atoms with E-state index in [1.165, 1.54) is 27.5 Å². The number of benzene rings is 1. The van der Waals surface area contributed by atoms with E-state index in [2.05, 4.69) is 10.1 Å². The van der Waals surface area contributed by atoms with Crippen molar-refractivity contribution in [3.05, 3.63) is 58.0 Å². The second-order valence-corrected chi connectivity index (χ2v) is 6.11. The molecule has 1 aromatic carbocycles. The van der Waals surface area contributed by atoms with E-state index in [1.807, 2.05) is 36.4 Å². The Balaban J connectivity index is 1.90. The van der Waals surface area contributed by atoms with Crippen molar-refractivity contribution in [1.29, 1.82) is 5.26 Å². The monoisotopic (exact) mass is 300 g/mol. The van der Waals surface area contributed by atoms with Crippen LogP contribution in [0.4, 0.5) is 0 Å². The number of hydrogen-bond acceptors (Lipinski definition) is 6. The van der Waals surface area contributed by atoms with E-state index < -0.39 is 5.56 Å². The highest BCUT2D eigenvalue weighted by atomic mass is 32.2. The Labute approximate surface area is 122 Å². The highest BCUT2D eigenvalue weighted by Gasteiger charge is 2.09. The van der Waals surface area contributed by atoms with Crippen molar-refractivity contribution in [2.75, 3.05) is 0 Å². The van der Waals surface area contributed by atoms with Crippen LogP contribution in [0.2, 0.25) is 0 Å². The quantitative estimate of drug-likeness (QED) is 0.694. The van der Waals surface area contributed by atoms with Crippen molar-refractivity contribution < 1.29 is 0 Å². The zero-order chi connectivity index (χ0) is 13.9. The predicted molar refractivity (Wildman–Crippen MR) is 77.9 cm³/mol. The number of nitrogens with zero attached hydrogens (tertiary/aromatic N) is 4. The molecule has 0 amide bonds. The molecule has 0 unspecified atom stereocenters. The molecule has 0 N–H and O–H groups in total. The van der Waals surface area contributed by atoms with Crippen LogP contribution in [0.5, 0.6) is 0 Å². The molecule has 3 rings (SSSR count). The SMILES string of the molecule is N#Cc1cc(=O)nc2sc(SCc3ccccc3)nn12. The van der Waals surface area contributed by atoms with Crippen LogP contribution < -0.4 is 5.56 Å². The molecule has 0 fully saturated rings. The van der Waals surface area contributed by atoms with Crippen LogP contribution in [0.3, 0.4) is 0 Å². The Morgan fingerprint density at radius 1 is 1.35 bits per heavy atom. The van der Waals surface area contributed by atoms with Gasteiger partial charge in [0, 0.05) is 11.8 Å². The third-order valence-corrected chi connectivity index (χ3v) is 4.67. The van der Waals surface area contributed by atoms with Crippen LogP contribution in [-0.4, -0.2) is 14.6 Å². The van der Waals surface area contributed by atoms with E-state index in [0.717, 1.165) is 10.1 Å². The molecule has 0 atom stereocenters. The smallest absolute Gasteiger partial charge is 0.267 e. The Bertz CT molecular complexity index is 848. The fourth-order valence-corrected chi connectivity index (χ4v) is 3.55. The van der Waals surface area contributed by atoms with E-state index in [-0.39, 0.29) is 5.69 Å². The van der Waals surface area contributed by atoms with Gasteiger partial charge in [-0.2, -0.15) is 14.8 Å². The fourth-order valence-electron chi connectivity index (χ4n) is 1.66. The minimum Gasteiger partial charge on any atom is -0.267 e. The molecule has 20 heavy (non-hydrogen) atoms. The first-order chi connectivity index (χ1) is 9.76. The van der Waals surface area contributed by atoms with Crippen molar-refractivity contribution in [1.82, 2.24) is 14.6 Å². The van der Waals surface area contributed by atoms with Crippen LogP contribution >= 0.6 is 23.1 Å². The van der Waals surface area contributed by atoms with Gasteiger partial charge in [0.1, 0.15) is 6.07 Å². The number of rotatable bonds is 3. The average molecular weight is 300 g/mol. The molecule has 2 heterocycles. The summed E-state index contributed by atoms with van der Waals surface area (Å²) in [6, 6.07) is 13.2. The molecule has 3 aromatic rings. The summed E-state index contributed by atoms with van der Waals surface area (Å²) < 4.78 is 2.20. The van der Waals surface area contributed by atoms with Crippen molar-refractivity contribution in [2.24, 2.45) is 0 Å². The van der Waals surface area contributed by atoms with Gasteiger partial charge in [-0.1, -0.05) is 53.4 Å². The van der Waals surface area contributed by atoms with Gasteiger partial charge >= 0.3 is 0 Å². The molecule has 0 spiro atoms. The fraction of sp³-hybridized carbons (Fsp3) is 0.0769. The van der Waals surface area contributed by atoms with Crippen LogP contribution in [-0.2, 0) is 5.75 Å². The Morgan fingerprint density at radius 3 is 2.90 bits per heavy atom. The van der Waals surface area contributed by atoms with Crippen LogP contribution in [0.1, 0.15) is 11.3 Å². The first kappa shape index (κ1) is 12.8. The topological polar surface area (TPSA) is 71.0 Å². The number of thioether (sulfide) groups is 1. The maximum Gasteiger partial charge on any atom is 0.275 e. The molecule has 0 bridgehead atoms. The minimum absolute atomic E-state index is 0.211. The first-order valence-electron chi connectivity index (χ1n) is 5.74. The molecule has 98 valence electrons. The molecule has 0 aliphatic heterocycles. The molecule has 0 saturated carbocycles. The van der Waals surface area contributed by atoms with E-state index >= 15 is 0 Å². The second kappa shape index (κ2) is 5.45. The summed E-state index contributed by atoms with van der Waals surface area (Å²) >= 11 is 2.87. The van der Waals surface area contributed by atoms with Crippen molar-refractivity contribution in [2.45, 2.75) is 10.1 Å². The number of hydrogen-bond donors (Lipinski definition) is 0. The van der Waals surface area contributed by atoms with E-state index in [4.69, 9.17) is 5.26 Å².